The van der Waals surface area contributed by atoms with E-state index in [-0.39, 0.29) is 11.9 Å². The average Bonchev–Trinajstić information content (AvgIpc) is 2.94. The first-order chi connectivity index (χ1) is 10.8. The van der Waals surface area contributed by atoms with Gasteiger partial charge in [0.2, 0.25) is 0 Å². The Morgan fingerprint density at radius 3 is 2.70 bits per heavy atom. The van der Waals surface area contributed by atoms with Crippen LogP contribution < -0.4 is 5.32 Å². The quantitative estimate of drug-likeness (QED) is 0.576. The van der Waals surface area contributed by atoms with Crippen molar-refractivity contribution < 1.29 is 9.59 Å². The molecule has 0 radical (unpaired) electrons. The molecular formula is C16H22ClN3O2S. The van der Waals surface area contributed by atoms with Crippen LogP contribution in [0.2, 0.25) is 4.34 Å². The number of thiophene rings is 1. The van der Waals surface area contributed by atoms with Crippen LogP contribution in [0.4, 0.5) is 4.79 Å². The van der Waals surface area contributed by atoms with Crippen molar-refractivity contribution in [2.45, 2.75) is 32.4 Å². The SMILES string of the molecule is C=CCN(CCCN1C(=O)NC(C)(C)C1=O)Cc1ccc(Cl)s1. The number of imide groups is 1. The van der Waals surface area contributed by atoms with Crippen molar-refractivity contribution in [1.29, 1.82) is 0 Å². The van der Waals surface area contributed by atoms with Gasteiger partial charge in [-0.3, -0.25) is 14.6 Å². The van der Waals surface area contributed by atoms with Crippen molar-refractivity contribution in [2.75, 3.05) is 19.6 Å². The van der Waals surface area contributed by atoms with E-state index >= 15 is 0 Å². The number of carbonyl (C=O) groups excluding carboxylic acids is 2. The third-order valence-electron chi connectivity index (χ3n) is 3.70. The largest absolute Gasteiger partial charge is 0.325 e. The van der Waals surface area contributed by atoms with E-state index in [2.05, 4.69) is 16.8 Å². The molecule has 0 spiro atoms. The molecule has 2 heterocycles. The zero-order valence-corrected chi connectivity index (χ0v) is 15.0. The maximum atomic E-state index is 12.1. The summed E-state index contributed by atoms with van der Waals surface area (Å²) < 4.78 is 0.778. The maximum Gasteiger partial charge on any atom is 0.325 e. The number of amides is 3. The van der Waals surface area contributed by atoms with E-state index in [1.54, 1.807) is 25.2 Å². The van der Waals surface area contributed by atoms with Gasteiger partial charge in [0.05, 0.1) is 4.34 Å². The minimum atomic E-state index is -0.800. The second-order valence-electron chi connectivity index (χ2n) is 6.10. The fraction of sp³-hybridized carbons (Fsp3) is 0.500. The van der Waals surface area contributed by atoms with E-state index < -0.39 is 5.54 Å². The molecule has 3 amide bonds. The van der Waals surface area contributed by atoms with E-state index in [1.807, 2.05) is 18.2 Å². The Labute approximate surface area is 145 Å². The van der Waals surface area contributed by atoms with Crippen LogP contribution in [0, 0.1) is 0 Å². The highest BCUT2D eigenvalue weighted by atomic mass is 35.5. The molecule has 1 fully saturated rings. The molecule has 2 rings (SSSR count). The van der Waals surface area contributed by atoms with Gasteiger partial charge in [0.15, 0.2) is 0 Å². The number of carbonyl (C=O) groups is 2. The molecule has 0 saturated carbocycles. The first-order valence-electron chi connectivity index (χ1n) is 7.55. The third kappa shape index (κ3) is 4.56. The van der Waals surface area contributed by atoms with Crippen LogP contribution in [0.5, 0.6) is 0 Å². The molecule has 23 heavy (non-hydrogen) atoms. The van der Waals surface area contributed by atoms with E-state index in [0.717, 1.165) is 30.4 Å². The molecule has 5 nitrogen and oxygen atoms in total. The molecule has 1 N–H and O–H groups in total. The van der Waals surface area contributed by atoms with Gasteiger partial charge in [-0.1, -0.05) is 17.7 Å². The highest BCUT2D eigenvalue weighted by Crippen LogP contribution is 2.23. The first kappa shape index (κ1) is 18.0. The highest BCUT2D eigenvalue weighted by molar-refractivity contribution is 7.16. The number of halogens is 1. The number of hydrogen-bond donors (Lipinski definition) is 1. The summed E-state index contributed by atoms with van der Waals surface area (Å²) in [4.78, 5) is 28.7. The molecule has 1 aromatic rings. The lowest BCUT2D eigenvalue weighted by Crippen LogP contribution is -2.40. The number of rotatable bonds is 8. The molecule has 0 bridgehead atoms. The summed E-state index contributed by atoms with van der Waals surface area (Å²) in [5, 5.41) is 2.69. The summed E-state index contributed by atoms with van der Waals surface area (Å²) in [6, 6.07) is 3.60. The summed E-state index contributed by atoms with van der Waals surface area (Å²) in [6.45, 7) is 9.96. The molecule has 1 aliphatic heterocycles. The second kappa shape index (κ2) is 7.47. The molecule has 1 aliphatic rings. The predicted octanol–water partition coefficient (Wildman–Crippen LogP) is 3.11. The van der Waals surface area contributed by atoms with Crippen LogP contribution in [0.25, 0.3) is 0 Å². The summed E-state index contributed by atoms with van der Waals surface area (Å²) in [5.74, 6) is -0.164. The van der Waals surface area contributed by atoms with E-state index in [0.29, 0.717) is 6.54 Å². The van der Waals surface area contributed by atoms with Gasteiger partial charge in [0.25, 0.3) is 5.91 Å². The topological polar surface area (TPSA) is 52.6 Å². The summed E-state index contributed by atoms with van der Waals surface area (Å²) in [5.41, 5.74) is -0.800. The van der Waals surface area contributed by atoms with Crippen LogP contribution >= 0.6 is 22.9 Å². The third-order valence-corrected chi connectivity index (χ3v) is 4.91. The van der Waals surface area contributed by atoms with Crippen molar-refractivity contribution in [1.82, 2.24) is 15.1 Å². The van der Waals surface area contributed by atoms with Crippen LogP contribution in [0.15, 0.2) is 24.8 Å². The molecule has 0 aliphatic carbocycles. The van der Waals surface area contributed by atoms with Crippen LogP contribution in [0.1, 0.15) is 25.1 Å². The van der Waals surface area contributed by atoms with Crippen molar-refractivity contribution in [3.63, 3.8) is 0 Å². The van der Waals surface area contributed by atoms with Gasteiger partial charge in [-0.05, 0) is 32.4 Å². The van der Waals surface area contributed by atoms with Gasteiger partial charge in [-0.15, -0.1) is 17.9 Å². The van der Waals surface area contributed by atoms with Crippen LogP contribution in [-0.2, 0) is 11.3 Å². The Balaban J connectivity index is 1.86. The average molecular weight is 356 g/mol. The van der Waals surface area contributed by atoms with E-state index in [9.17, 15) is 9.59 Å². The van der Waals surface area contributed by atoms with Gasteiger partial charge in [0.1, 0.15) is 5.54 Å². The Morgan fingerprint density at radius 1 is 1.43 bits per heavy atom. The van der Waals surface area contributed by atoms with Gasteiger partial charge in [0, 0.05) is 31.1 Å². The first-order valence-corrected chi connectivity index (χ1v) is 8.74. The van der Waals surface area contributed by atoms with E-state index in [4.69, 9.17) is 11.6 Å². The molecule has 1 aromatic heterocycles. The number of nitrogens with zero attached hydrogens (tertiary/aromatic N) is 2. The fourth-order valence-corrected chi connectivity index (χ4v) is 3.68. The summed E-state index contributed by atoms with van der Waals surface area (Å²) >= 11 is 7.52. The smallest absolute Gasteiger partial charge is 0.324 e. The van der Waals surface area contributed by atoms with Crippen molar-refractivity contribution in [2.24, 2.45) is 0 Å². The number of nitrogens with one attached hydrogen (secondary N) is 1. The minimum absolute atomic E-state index is 0.164. The van der Waals surface area contributed by atoms with Gasteiger partial charge in [-0.25, -0.2) is 4.79 Å². The van der Waals surface area contributed by atoms with Gasteiger partial charge >= 0.3 is 6.03 Å². The second-order valence-corrected chi connectivity index (χ2v) is 7.89. The molecule has 0 aromatic carbocycles. The predicted molar refractivity (Wildman–Crippen MR) is 93.7 cm³/mol. The molecule has 126 valence electrons. The van der Waals surface area contributed by atoms with Gasteiger partial charge < -0.3 is 5.32 Å². The standard InChI is InChI=1S/C16H22ClN3O2S/c1-4-8-19(11-12-6-7-13(17)23-12)9-5-10-20-14(21)16(2,3)18-15(20)22/h4,6-7H,1,5,8-11H2,2-3H3,(H,18,22). The van der Waals surface area contributed by atoms with Crippen LogP contribution in [-0.4, -0.2) is 46.9 Å². The zero-order chi connectivity index (χ0) is 17.0. The van der Waals surface area contributed by atoms with Crippen molar-refractivity contribution in [3.05, 3.63) is 34.0 Å². The number of hydrogen-bond acceptors (Lipinski definition) is 4. The lowest BCUT2D eigenvalue weighted by molar-refractivity contribution is -0.130. The minimum Gasteiger partial charge on any atom is -0.324 e. The van der Waals surface area contributed by atoms with Crippen molar-refractivity contribution >= 4 is 34.9 Å². The fourth-order valence-electron chi connectivity index (χ4n) is 2.55. The Morgan fingerprint density at radius 2 is 2.17 bits per heavy atom. The monoisotopic (exact) mass is 355 g/mol. The van der Waals surface area contributed by atoms with Gasteiger partial charge in [-0.2, -0.15) is 0 Å². The highest BCUT2D eigenvalue weighted by Gasteiger charge is 2.43. The molecule has 0 atom stereocenters. The normalized spacial score (nSPS) is 17.0. The lowest BCUT2D eigenvalue weighted by atomic mass is 10.1. The summed E-state index contributed by atoms with van der Waals surface area (Å²) in [7, 11) is 0. The Kier molecular flexibility index (Phi) is 5.84. The summed E-state index contributed by atoms with van der Waals surface area (Å²) in [6.07, 6.45) is 2.58. The zero-order valence-electron chi connectivity index (χ0n) is 13.5. The Hall–Kier alpha value is -1.37. The lowest BCUT2D eigenvalue weighted by Gasteiger charge is -2.21. The molecule has 1 saturated heterocycles. The molecule has 7 heteroatoms. The molecular weight excluding hydrogens is 334 g/mol. The van der Waals surface area contributed by atoms with E-state index in [1.165, 1.54) is 9.78 Å². The Bertz CT molecular complexity index is 600. The van der Waals surface area contributed by atoms with Crippen molar-refractivity contribution in [3.8, 4) is 0 Å². The van der Waals surface area contributed by atoms with Crippen LogP contribution in [0.3, 0.4) is 0 Å². The number of urea groups is 1. The maximum absolute atomic E-state index is 12.1. The molecule has 0 unspecified atom stereocenters.